The molecule has 1 aromatic carbocycles. The van der Waals surface area contributed by atoms with Crippen molar-refractivity contribution in [3.05, 3.63) is 28.5 Å². The lowest BCUT2D eigenvalue weighted by Crippen LogP contribution is -2.46. The minimum atomic E-state index is -3.76. The number of thioether (sulfide) groups is 1. The van der Waals surface area contributed by atoms with E-state index in [0.29, 0.717) is 17.6 Å². The van der Waals surface area contributed by atoms with Crippen molar-refractivity contribution in [2.24, 2.45) is 0 Å². The predicted octanol–water partition coefficient (Wildman–Crippen LogP) is 3.10. The lowest BCUT2D eigenvalue weighted by atomic mass is 10.2. The topological polar surface area (TPSA) is 37.4 Å². The molecule has 2 rings (SSSR count). The molecule has 0 unspecified atom stereocenters. The Hall–Kier alpha value is -0.110. The van der Waals surface area contributed by atoms with Crippen molar-refractivity contribution in [2.45, 2.75) is 23.5 Å². The van der Waals surface area contributed by atoms with Gasteiger partial charge in [-0.1, -0.05) is 15.9 Å². The highest BCUT2D eigenvalue weighted by Gasteiger charge is 2.35. The Kier molecular flexibility index (Phi) is 4.30. The second kappa shape index (κ2) is 5.35. The van der Waals surface area contributed by atoms with E-state index < -0.39 is 15.8 Å². The summed E-state index contributed by atoms with van der Waals surface area (Å²) >= 11 is 4.86. The van der Waals surface area contributed by atoms with Gasteiger partial charge in [0, 0.05) is 28.1 Å². The van der Waals surface area contributed by atoms with Gasteiger partial charge in [-0.3, -0.25) is 0 Å². The smallest absolute Gasteiger partial charge is 0.207 e. The van der Waals surface area contributed by atoms with Crippen LogP contribution in [0.5, 0.6) is 0 Å². The maximum Gasteiger partial charge on any atom is 0.246 e. The second-order valence-corrected chi connectivity index (χ2v) is 9.65. The average Bonchev–Trinajstić information content (AvgIpc) is 2.27. The Balaban J connectivity index is 2.37. The van der Waals surface area contributed by atoms with Crippen molar-refractivity contribution in [3.8, 4) is 0 Å². The van der Waals surface area contributed by atoms with Gasteiger partial charge in [-0.05, 0) is 32.0 Å². The molecule has 0 amide bonds. The number of halogens is 2. The number of nitrogens with zero attached hydrogens (tertiary/aromatic N) is 1. The van der Waals surface area contributed by atoms with Gasteiger partial charge in [-0.2, -0.15) is 16.1 Å². The first kappa shape index (κ1) is 15.3. The highest BCUT2D eigenvalue weighted by Crippen LogP contribution is 2.33. The van der Waals surface area contributed by atoms with Gasteiger partial charge in [0.05, 0.1) is 0 Å². The van der Waals surface area contributed by atoms with Crippen molar-refractivity contribution in [1.29, 1.82) is 0 Å². The van der Waals surface area contributed by atoms with E-state index in [1.54, 1.807) is 17.8 Å². The van der Waals surface area contributed by atoms with Crippen molar-refractivity contribution >= 4 is 37.7 Å². The number of sulfonamides is 1. The molecular formula is C12H15BrFNO2S2. The van der Waals surface area contributed by atoms with E-state index in [1.807, 2.05) is 13.8 Å². The number of hydrogen-bond acceptors (Lipinski definition) is 3. The van der Waals surface area contributed by atoms with E-state index in [4.69, 9.17) is 0 Å². The van der Waals surface area contributed by atoms with E-state index in [1.165, 1.54) is 16.4 Å². The van der Waals surface area contributed by atoms with Gasteiger partial charge in [0.1, 0.15) is 10.7 Å². The molecule has 1 aromatic rings. The van der Waals surface area contributed by atoms with Gasteiger partial charge >= 0.3 is 0 Å². The molecule has 1 aliphatic heterocycles. The molecule has 7 heteroatoms. The van der Waals surface area contributed by atoms with Crippen LogP contribution in [0.1, 0.15) is 13.8 Å². The number of benzene rings is 1. The fourth-order valence-corrected chi connectivity index (χ4v) is 5.29. The van der Waals surface area contributed by atoms with Crippen LogP contribution in [0.25, 0.3) is 0 Å². The summed E-state index contributed by atoms with van der Waals surface area (Å²) in [5.41, 5.74) is 0. The van der Waals surface area contributed by atoms with Crippen LogP contribution in [0, 0.1) is 5.82 Å². The SMILES string of the molecule is CC1(C)CN(S(=O)(=O)c2ccc(Br)cc2F)CCS1. The third kappa shape index (κ3) is 3.32. The zero-order valence-corrected chi connectivity index (χ0v) is 13.9. The van der Waals surface area contributed by atoms with Gasteiger partial charge in [-0.25, -0.2) is 12.8 Å². The average molecular weight is 368 g/mol. The van der Waals surface area contributed by atoms with Gasteiger partial charge < -0.3 is 0 Å². The quantitative estimate of drug-likeness (QED) is 0.805. The fourth-order valence-electron chi connectivity index (χ4n) is 2.00. The zero-order valence-electron chi connectivity index (χ0n) is 10.7. The van der Waals surface area contributed by atoms with Crippen LogP contribution >= 0.6 is 27.7 Å². The minimum Gasteiger partial charge on any atom is -0.207 e. The molecule has 0 saturated carbocycles. The minimum absolute atomic E-state index is 0.142. The first-order valence-electron chi connectivity index (χ1n) is 5.81. The van der Waals surface area contributed by atoms with Crippen LogP contribution in [0.15, 0.2) is 27.6 Å². The standard InChI is InChI=1S/C12H15BrFNO2S2/c1-12(2)8-15(5-6-18-12)19(16,17)11-4-3-9(13)7-10(11)14/h3-4,7H,5-6,8H2,1-2H3. The highest BCUT2D eigenvalue weighted by atomic mass is 79.9. The van der Waals surface area contributed by atoms with Crippen LogP contribution in [0.3, 0.4) is 0 Å². The second-order valence-electron chi connectivity index (χ2n) is 5.02. The fraction of sp³-hybridized carbons (Fsp3) is 0.500. The number of rotatable bonds is 2. The first-order chi connectivity index (χ1) is 8.72. The summed E-state index contributed by atoms with van der Waals surface area (Å²) in [7, 11) is -3.76. The Labute approximate surface area is 125 Å². The third-order valence-corrected chi connectivity index (χ3v) is 6.57. The Morgan fingerprint density at radius 2 is 2.11 bits per heavy atom. The molecule has 3 nitrogen and oxygen atoms in total. The molecule has 106 valence electrons. The molecule has 1 fully saturated rings. The largest absolute Gasteiger partial charge is 0.246 e. The molecule has 19 heavy (non-hydrogen) atoms. The lowest BCUT2D eigenvalue weighted by Gasteiger charge is -2.36. The summed E-state index contributed by atoms with van der Waals surface area (Å²) in [5, 5.41) is 0. The Morgan fingerprint density at radius 1 is 1.42 bits per heavy atom. The summed E-state index contributed by atoms with van der Waals surface area (Å²) in [6.07, 6.45) is 0. The lowest BCUT2D eigenvalue weighted by molar-refractivity contribution is 0.385. The molecule has 0 aliphatic carbocycles. The maximum absolute atomic E-state index is 13.9. The van der Waals surface area contributed by atoms with E-state index in [-0.39, 0.29) is 9.64 Å². The van der Waals surface area contributed by atoms with Crippen LogP contribution in [-0.2, 0) is 10.0 Å². The predicted molar refractivity (Wildman–Crippen MR) is 79.4 cm³/mol. The summed E-state index contributed by atoms with van der Waals surface area (Å²) in [6.45, 7) is 4.82. The van der Waals surface area contributed by atoms with Crippen molar-refractivity contribution in [3.63, 3.8) is 0 Å². The Bertz CT molecular complexity index is 589. The molecule has 0 N–H and O–H groups in total. The number of hydrogen-bond donors (Lipinski definition) is 0. The molecule has 1 heterocycles. The van der Waals surface area contributed by atoms with Crippen molar-refractivity contribution < 1.29 is 12.8 Å². The third-order valence-electron chi connectivity index (χ3n) is 2.90. The zero-order chi connectivity index (χ0) is 14.3. The molecule has 0 spiro atoms. The summed E-state index contributed by atoms with van der Waals surface area (Å²) in [6, 6.07) is 4.03. The van der Waals surface area contributed by atoms with Crippen LogP contribution < -0.4 is 0 Å². The first-order valence-corrected chi connectivity index (χ1v) is 9.03. The summed E-state index contributed by atoms with van der Waals surface area (Å²) in [5.74, 6) is 0.00935. The monoisotopic (exact) mass is 367 g/mol. The molecule has 0 radical (unpaired) electrons. The van der Waals surface area contributed by atoms with Gasteiger partial charge in [-0.15, -0.1) is 0 Å². The Morgan fingerprint density at radius 3 is 2.68 bits per heavy atom. The van der Waals surface area contributed by atoms with Gasteiger partial charge in [0.15, 0.2) is 0 Å². The van der Waals surface area contributed by atoms with E-state index in [0.717, 1.165) is 5.75 Å². The highest BCUT2D eigenvalue weighted by molar-refractivity contribution is 9.10. The van der Waals surface area contributed by atoms with Crippen molar-refractivity contribution in [2.75, 3.05) is 18.8 Å². The molecule has 0 bridgehead atoms. The normalized spacial score (nSPS) is 20.4. The van der Waals surface area contributed by atoms with Crippen LogP contribution in [0.2, 0.25) is 0 Å². The van der Waals surface area contributed by atoms with Crippen LogP contribution in [0.4, 0.5) is 4.39 Å². The molecule has 1 saturated heterocycles. The van der Waals surface area contributed by atoms with Crippen LogP contribution in [-0.4, -0.2) is 36.3 Å². The molecule has 0 atom stereocenters. The van der Waals surface area contributed by atoms with Gasteiger partial charge in [0.25, 0.3) is 0 Å². The van der Waals surface area contributed by atoms with Gasteiger partial charge in [0.2, 0.25) is 10.0 Å². The van der Waals surface area contributed by atoms with E-state index in [2.05, 4.69) is 15.9 Å². The molecule has 1 aliphatic rings. The summed E-state index contributed by atoms with van der Waals surface area (Å²) < 4.78 is 40.5. The van der Waals surface area contributed by atoms with Crippen molar-refractivity contribution in [1.82, 2.24) is 4.31 Å². The summed E-state index contributed by atoms with van der Waals surface area (Å²) in [4.78, 5) is -0.251. The maximum atomic E-state index is 13.9. The van der Waals surface area contributed by atoms with E-state index >= 15 is 0 Å². The molecular weight excluding hydrogens is 353 g/mol. The molecule has 0 aromatic heterocycles. The van der Waals surface area contributed by atoms with E-state index in [9.17, 15) is 12.8 Å².